The van der Waals surface area contributed by atoms with E-state index < -0.39 is 32.5 Å². The minimum absolute atomic E-state index is 0.268. The third-order valence-electron chi connectivity index (χ3n) is 4.68. The van der Waals surface area contributed by atoms with Crippen LogP contribution in [0.4, 0.5) is 0 Å². The summed E-state index contributed by atoms with van der Waals surface area (Å²) < 4.78 is 24.9. The summed E-state index contributed by atoms with van der Waals surface area (Å²) in [7, 11) is -4.69. The second kappa shape index (κ2) is 18.8. The van der Waals surface area contributed by atoms with E-state index in [9.17, 15) is 14.2 Å². The number of hydrogen-bond acceptors (Lipinski definition) is 6. The Morgan fingerprint density at radius 1 is 0.800 bits per heavy atom. The molecule has 0 unspecified atom stereocenters. The van der Waals surface area contributed by atoms with Gasteiger partial charge in [-0.1, -0.05) is 84.0 Å². The predicted molar refractivity (Wildman–Crippen MR) is 115 cm³/mol. The van der Waals surface area contributed by atoms with Crippen LogP contribution >= 0.6 is 7.82 Å². The van der Waals surface area contributed by atoms with Crippen molar-refractivity contribution in [1.29, 1.82) is 0 Å². The molecule has 0 aliphatic heterocycles. The average Bonchev–Trinajstić information content (AvgIpc) is 2.66. The van der Waals surface area contributed by atoms with Gasteiger partial charge in [-0.3, -0.25) is 14.1 Å². The highest BCUT2D eigenvalue weighted by atomic mass is 31.2. The van der Waals surface area contributed by atoms with Crippen LogP contribution in [0.25, 0.3) is 0 Å². The number of ether oxygens (including phenoxy) is 2. The third-order valence-corrected chi connectivity index (χ3v) is 5.16. The highest BCUT2D eigenvalue weighted by Gasteiger charge is 2.21. The van der Waals surface area contributed by atoms with Gasteiger partial charge in [-0.05, 0) is 6.42 Å². The Kier molecular flexibility index (Phi) is 18.2. The van der Waals surface area contributed by atoms with Crippen LogP contribution in [0.3, 0.4) is 0 Å². The van der Waals surface area contributed by atoms with Gasteiger partial charge in [0.1, 0.15) is 6.61 Å². The molecule has 0 heterocycles. The number of hydrogen-bond donors (Lipinski definition) is 2. The van der Waals surface area contributed by atoms with E-state index in [1.807, 2.05) is 0 Å². The van der Waals surface area contributed by atoms with Crippen LogP contribution in [0.1, 0.15) is 104 Å². The Hall–Kier alpha value is -0.950. The van der Waals surface area contributed by atoms with Gasteiger partial charge in [0.15, 0.2) is 6.10 Å². The van der Waals surface area contributed by atoms with Crippen LogP contribution in [0.5, 0.6) is 0 Å². The highest BCUT2D eigenvalue weighted by molar-refractivity contribution is 7.46. The Bertz CT molecular complexity index is 491. The lowest BCUT2D eigenvalue weighted by atomic mass is 10.0. The number of carbonyl (C=O) groups excluding carboxylic acids is 2. The standard InChI is InChI=1S/C21H41O8P/c1-3-4-5-6-7-8-9-10-11-12-13-14-15-16-21(23)27-17-20(29-19(2)22)18-28-30(24,25)26/h20H,3-18H2,1-2H3,(H2,24,25,26)/t20-/m1/s1. The van der Waals surface area contributed by atoms with Crippen molar-refractivity contribution in [2.75, 3.05) is 13.2 Å². The molecule has 0 radical (unpaired) electrons. The average molecular weight is 453 g/mol. The first kappa shape index (κ1) is 29.1. The van der Waals surface area contributed by atoms with Gasteiger partial charge in [-0.15, -0.1) is 0 Å². The second-order valence-corrected chi connectivity index (χ2v) is 8.93. The molecule has 0 amide bonds. The summed E-state index contributed by atoms with van der Waals surface area (Å²) in [5.41, 5.74) is 0. The Morgan fingerprint density at radius 2 is 1.27 bits per heavy atom. The summed E-state index contributed by atoms with van der Waals surface area (Å²) in [6.07, 6.45) is 15.1. The van der Waals surface area contributed by atoms with Crippen LogP contribution in [0.2, 0.25) is 0 Å². The molecule has 8 nitrogen and oxygen atoms in total. The maximum Gasteiger partial charge on any atom is 0.469 e. The topological polar surface area (TPSA) is 119 Å². The molecule has 0 saturated carbocycles. The van der Waals surface area contributed by atoms with E-state index in [-0.39, 0.29) is 13.0 Å². The number of rotatable bonds is 20. The minimum Gasteiger partial charge on any atom is -0.462 e. The van der Waals surface area contributed by atoms with Crippen LogP contribution in [0.15, 0.2) is 0 Å². The van der Waals surface area contributed by atoms with Crippen molar-refractivity contribution in [3.05, 3.63) is 0 Å². The maximum atomic E-state index is 11.8. The molecule has 0 aromatic heterocycles. The van der Waals surface area contributed by atoms with Gasteiger partial charge in [0.25, 0.3) is 0 Å². The first-order chi connectivity index (χ1) is 14.2. The Morgan fingerprint density at radius 3 is 1.70 bits per heavy atom. The summed E-state index contributed by atoms with van der Waals surface area (Å²) in [6, 6.07) is 0. The Balaban J connectivity index is 3.64. The monoisotopic (exact) mass is 452 g/mol. The molecular formula is C21H41O8P. The fraction of sp³-hybridized carbons (Fsp3) is 0.905. The molecule has 0 spiro atoms. The first-order valence-corrected chi connectivity index (χ1v) is 12.8. The largest absolute Gasteiger partial charge is 0.469 e. The summed E-state index contributed by atoms with van der Waals surface area (Å²) in [4.78, 5) is 40.2. The zero-order valence-electron chi connectivity index (χ0n) is 18.7. The zero-order valence-corrected chi connectivity index (χ0v) is 19.6. The smallest absolute Gasteiger partial charge is 0.462 e. The van der Waals surface area contributed by atoms with E-state index in [1.54, 1.807) is 0 Å². The van der Waals surface area contributed by atoms with Crippen LogP contribution in [-0.2, 0) is 28.2 Å². The fourth-order valence-electron chi connectivity index (χ4n) is 3.08. The quantitative estimate of drug-likeness (QED) is 0.150. The van der Waals surface area contributed by atoms with E-state index >= 15 is 0 Å². The molecule has 0 aliphatic carbocycles. The highest BCUT2D eigenvalue weighted by Crippen LogP contribution is 2.35. The van der Waals surface area contributed by atoms with Crippen molar-refractivity contribution in [2.24, 2.45) is 0 Å². The van der Waals surface area contributed by atoms with Crippen molar-refractivity contribution in [1.82, 2.24) is 0 Å². The van der Waals surface area contributed by atoms with Crippen molar-refractivity contribution in [3.8, 4) is 0 Å². The summed E-state index contributed by atoms with van der Waals surface area (Å²) in [5.74, 6) is -1.08. The van der Waals surface area contributed by atoms with Gasteiger partial charge in [0, 0.05) is 13.3 Å². The molecule has 0 fully saturated rings. The van der Waals surface area contributed by atoms with Crippen molar-refractivity contribution >= 4 is 19.8 Å². The van der Waals surface area contributed by atoms with E-state index in [0.717, 1.165) is 26.2 Å². The molecule has 0 aliphatic rings. The zero-order chi connectivity index (χ0) is 22.7. The number of esters is 2. The number of phosphoric ester groups is 1. The summed E-state index contributed by atoms with van der Waals surface area (Å²) in [6.45, 7) is 2.55. The van der Waals surface area contributed by atoms with E-state index in [0.29, 0.717) is 0 Å². The SMILES string of the molecule is CCCCCCCCCCCCCCCC(=O)OC[C@H](COP(=O)(O)O)OC(C)=O. The maximum absolute atomic E-state index is 11.8. The Labute approximate surface area is 181 Å². The second-order valence-electron chi connectivity index (χ2n) is 7.69. The van der Waals surface area contributed by atoms with Gasteiger partial charge in [0.2, 0.25) is 0 Å². The molecule has 0 aromatic carbocycles. The predicted octanol–water partition coefficient (Wildman–Crippen LogP) is 5.05. The van der Waals surface area contributed by atoms with Gasteiger partial charge < -0.3 is 19.3 Å². The van der Waals surface area contributed by atoms with Crippen molar-refractivity contribution in [2.45, 2.75) is 110 Å². The molecule has 178 valence electrons. The normalized spacial score (nSPS) is 12.5. The molecule has 0 aromatic rings. The molecular weight excluding hydrogens is 411 g/mol. The molecule has 2 N–H and O–H groups in total. The number of phosphoric acid groups is 1. The minimum atomic E-state index is -4.69. The van der Waals surface area contributed by atoms with E-state index in [1.165, 1.54) is 64.2 Å². The fourth-order valence-corrected chi connectivity index (χ4v) is 3.44. The van der Waals surface area contributed by atoms with E-state index in [2.05, 4.69) is 11.4 Å². The molecule has 9 heteroatoms. The van der Waals surface area contributed by atoms with Crippen molar-refractivity contribution < 1.29 is 37.9 Å². The van der Waals surface area contributed by atoms with Gasteiger partial charge in [0.05, 0.1) is 6.61 Å². The lowest BCUT2D eigenvalue weighted by Crippen LogP contribution is -2.28. The van der Waals surface area contributed by atoms with Crippen LogP contribution in [-0.4, -0.2) is 41.0 Å². The molecule has 1 atom stereocenters. The lowest BCUT2D eigenvalue weighted by Gasteiger charge is -2.17. The first-order valence-electron chi connectivity index (χ1n) is 11.3. The summed E-state index contributed by atoms with van der Waals surface area (Å²) >= 11 is 0. The van der Waals surface area contributed by atoms with Crippen molar-refractivity contribution in [3.63, 3.8) is 0 Å². The lowest BCUT2D eigenvalue weighted by molar-refractivity contribution is -0.159. The van der Waals surface area contributed by atoms with Gasteiger partial charge in [-0.25, -0.2) is 4.57 Å². The van der Waals surface area contributed by atoms with Crippen LogP contribution in [0, 0.1) is 0 Å². The third kappa shape index (κ3) is 21.8. The number of carbonyl (C=O) groups is 2. The molecule has 30 heavy (non-hydrogen) atoms. The van der Waals surface area contributed by atoms with E-state index in [4.69, 9.17) is 19.3 Å². The number of unbranched alkanes of at least 4 members (excludes halogenated alkanes) is 12. The molecule has 0 rings (SSSR count). The van der Waals surface area contributed by atoms with Gasteiger partial charge in [-0.2, -0.15) is 0 Å². The summed E-state index contributed by atoms with van der Waals surface area (Å²) in [5, 5.41) is 0. The molecule has 0 bridgehead atoms. The van der Waals surface area contributed by atoms with Gasteiger partial charge >= 0.3 is 19.8 Å². The van der Waals surface area contributed by atoms with Crippen LogP contribution < -0.4 is 0 Å². The molecule has 0 saturated heterocycles.